The first-order chi connectivity index (χ1) is 10.6. The van der Waals surface area contributed by atoms with E-state index in [2.05, 4.69) is 10.6 Å². The second-order valence-electron chi connectivity index (χ2n) is 7.42. The van der Waals surface area contributed by atoms with Crippen molar-refractivity contribution in [2.75, 3.05) is 6.54 Å². The number of hydrogen-bond donors (Lipinski definition) is 3. The lowest BCUT2D eigenvalue weighted by Gasteiger charge is -2.32. The summed E-state index contributed by atoms with van der Waals surface area (Å²) in [5.41, 5.74) is 0. The Hall–Kier alpha value is -1.10. The molecule has 4 atom stereocenters. The molecule has 1 saturated heterocycles. The minimum atomic E-state index is -0.725. The predicted octanol–water partition coefficient (Wildman–Crippen LogP) is 1.91. The molecular weight excluding hydrogens is 280 g/mol. The van der Waals surface area contributed by atoms with Crippen molar-refractivity contribution in [3.8, 4) is 0 Å². The van der Waals surface area contributed by atoms with Crippen LogP contribution in [-0.2, 0) is 9.59 Å². The van der Waals surface area contributed by atoms with Gasteiger partial charge in [0.15, 0.2) is 0 Å². The van der Waals surface area contributed by atoms with Crippen molar-refractivity contribution in [2.24, 2.45) is 17.8 Å². The summed E-state index contributed by atoms with van der Waals surface area (Å²) in [6.07, 6.45) is 9.66. The van der Waals surface area contributed by atoms with Crippen LogP contribution in [0.5, 0.6) is 0 Å². The number of rotatable bonds is 4. The van der Waals surface area contributed by atoms with E-state index in [9.17, 15) is 9.59 Å². The lowest BCUT2D eigenvalue weighted by Crippen LogP contribution is -2.41. The molecule has 0 aromatic heterocycles. The van der Waals surface area contributed by atoms with Gasteiger partial charge >= 0.3 is 5.97 Å². The maximum absolute atomic E-state index is 12.2. The van der Waals surface area contributed by atoms with Gasteiger partial charge in [0, 0.05) is 18.5 Å². The highest BCUT2D eigenvalue weighted by Gasteiger charge is 2.40. The zero-order valence-corrected chi connectivity index (χ0v) is 13.2. The van der Waals surface area contributed by atoms with E-state index in [0.29, 0.717) is 17.9 Å². The van der Waals surface area contributed by atoms with E-state index in [1.165, 1.54) is 19.3 Å². The fraction of sp³-hybridized carbons (Fsp3) is 0.882. The van der Waals surface area contributed by atoms with Crippen LogP contribution in [0.4, 0.5) is 0 Å². The molecule has 22 heavy (non-hydrogen) atoms. The van der Waals surface area contributed by atoms with Gasteiger partial charge in [-0.3, -0.25) is 9.59 Å². The first-order valence-corrected chi connectivity index (χ1v) is 8.90. The molecule has 3 N–H and O–H groups in total. The SMILES string of the molecule is O=C(NCC1CCC2NC(C(=O)O)CC2C1)C1CCCCC1. The van der Waals surface area contributed by atoms with Gasteiger partial charge in [0.25, 0.3) is 0 Å². The van der Waals surface area contributed by atoms with Crippen LogP contribution in [0.15, 0.2) is 0 Å². The highest BCUT2D eigenvalue weighted by molar-refractivity contribution is 5.78. The molecule has 4 unspecified atom stereocenters. The van der Waals surface area contributed by atoms with Gasteiger partial charge in [0.05, 0.1) is 0 Å². The van der Waals surface area contributed by atoms with Crippen molar-refractivity contribution in [3.63, 3.8) is 0 Å². The Morgan fingerprint density at radius 3 is 2.55 bits per heavy atom. The monoisotopic (exact) mass is 308 g/mol. The predicted molar refractivity (Wildman–Crippen MR) is 83.4 cm³/mol. The van der Waals surface area contributed by atoms with E-state index < -0.39 is 5.97 Å². The normalized spacial score (nSPS) is 35.8. The summed E-state index contributed by atoms with van der Waals surface area (Å²) in [7, 11) is 0. The van der Waals surface area contributed by atoms with Gasteiger partial charge in [-0.15, -0.1) is 0 Å². The van der Waals surface area contributed by atoms with Gasteiger partial charge in [-0.25, -0.2) is 0 Å². The molecule has 1 heterocycles. The highest BCUT2D eigenvalue weighted by Crippen LogP contribution is 2.36. The van der Waals surface area contributed by atoms with E-state index in [0.717, 1.165) is 45.1 Å². The second-order valence-corrected chi connectivity index (χ2v) is 7.42. The number of fused-ring (bicyclic) bond motifs is 1. The number of hydrogen-bond acceptors (Lipinski definition) is 3. The topological polar surface area (TPSA) is 78.4 Å². The lowest BCUT2D eigenvalue weighted by atomic mass is 9.78. The molecule has 5 nitrogen and oxygen atoms in total. The average Bonchev–Trinajstić information content (AvgIpc) is 2.97. The third-order valence-corrected chi connectivity index (χ3v) is 5.88. The van der Waals surface area contributed by atoms with Crippen molar-refractivity contribution in [1.29, 1.82) is 0 Å². The van der Waals surface area contributed by atoms with Gasteiger partial charge < -0.3 is 15.7 Å². The maximum atomic E-state index is 12.2. The van der Waals surface area contributed by atoms with Crippen LogP contribution < -0.4 is 10.6 Å². The van der Waals surface area contributed by atoms with Crippen molar-refractivity contribution in [2.45, 2.75) is 69.9 Å². The molecule has 1 amide bonds. The molecule has 3 aliphatic rings. The standard InChI is InChI=1S/C17H28N2O3/c20-16(12-4-2-1-3-5-12)18-10-11-6-7-14-13(8-11)9-15(19-14)17(21)22/h11-15,19H,1-10H2,(H,18,20)(H,21,22). The number of carbonyl (C=O) groups is 2. The molecule has 1 aliphatic heterocycles. The van der Waals surface area contributed by atoms with E-state index in [1.807, 2.05) is 0 Å². The molecule has 0 spiro atoms. The quantitative estimate of drug-likeness (QED) is 0.741. The summed E-state index contributed by atoms with van der Waals surface area (Å²) in [6, 6.07) is -0.00280. The Balaban J connectivity index is 1.43. The number of amides is 1. The van der Waals surface area contributed by atoms with Gasteiger partial charge in [-0.1, -0.05) is 19.3 Å². The third-order valence-electron chi connectivity index (χ3n) is 5.88. The smallest absolute Gasteiger partial charge is 0.320 e. The Kier molecular flexibility index (Phi) is 5.01. The van der Waals surface area contributed by atoms with Gasteiger partial charge in [-0.2, -0.15) is 0 Å². The van der Waals surface area contributed by atoms with Crippen LogP contribution in [0.2, 0.25) is 0 Å². The van der Waals surface area contributed by atoms with Gasteiger partial charge in [0.1, 0.15) is 6.04 Å². The van der Waals surface area contributed by atoms with Crippen LogP contribution >= 0.6 is 0 Å². The average molecular weight is 308 g/mol. The molecule has 3 fully saturated rings. The Labute approximate surface area is 132 Å². The fourth-order valence-electron chi connectivity index (χ4n) is 4.58. The number of nitrogens with one attached hydrogen (secondary N) is 2. The van der Waals surface area contributed by atoms with Crippen molar-refractivity contribution in [1.82, 2.24) is 10.6 Å². The Morgan fingerprint density at radius 2 is 1.82 bits per heavy atom. The van der Waals surface area contributed by atoms with Gasteiger partial charge in [-0.05, 0) is 50.4 Å². The second kappa shape index (κ2) is 6.99. The number of aliphatic carboxylic acids is 1. The highest BCUT2D eigenvalue weighted by atomic mass is 16.4. The minimum absolute atomic E-state index is 0.231. The first-order valence-electron chi connectivity index (χ1n) is 8.90. The number of carboxylic acid groups (broad SMARTS) is 1. The minimum Gasteiger partial charge on any atom is -0.480 e. The molecule has 0 aromatic carbocycles. The van der Waals surface area contributed by atoms with Crippen molar-refractivity contribution >= 4 is 11.9 Å². The molecular formula is C17H28N2O3. The summed E-state index contributed by atoms with van der Waals surface area (Å²) in [6.45, 7) is 0.774. The summed E-state index contributed by atoms with van der Waals surface area (Å²) in [4.78, 5) is 23.3. The summed E-state index contributed by atoms with van der Waals surface area (Å²) in [5.74, 6) is 0.732. The van der Waals surface area contributed by atoms with Crippen LogP contribution in [0.1, 0.15) is 57.8 Å². The number of carboxylic acids is 1. The van der Waals surface area contributed by atoms with E-state index >= 15 is 0 Å². The van der Waals surface area contributed by atoms with Crippen LogP contribution in [-0.4, -0.2) is 35.6 Å². The maximum Gasteiger partial charge on any atom is 0.320 e. The molecule has 0 bridgehead atoms. The fourth-order valence-corrected chi connectivity index (χ4v) is 4.58. The Morgan fingerprint density at radius 1 is 1.05 bits per heavy atom. The van der Waals surface area contributed by atoms with Crippen LogP contribution in [0.25, 0.3) is 0 Å². The molecule has 2 saturated carbocycles. The molecule has 5 heteroatoms. The molecule has 3 rings (SSSR count). The third kappa shape index (κ3) is 3.62. The van der Waals surface area contributed by atoms with Crippen LogP contribution in [0.3, 0.4) is 0 Å². The zero-order valence-electron chi connectivity index (χ0n) is 13.2. The molecule has 0 radical (unpaired) electrons. The zero-order chi connectivity index (χ0) is 15.5. The number of carbonyl (C=O) groups excluding carboxylic acids is 1. The van der Waals surface area contributed by atoms with Crippen molar-refractivity contribution in [3.05, 3.63) is 0 Å². The van der Waals surface area contributed by atoms with E-state index in [1.54, 1.807) is 0 Å². The summed E-state index contributed by atoms with van der Waals surface area (Å²) in [5, 5.41) is 15.5. The van der Waals surface area contributed by atoms with E-state index in [-0.39, 0.29) is 17.9 Å². The van der Waals surface area contributed by atoms with Crippen molar-refractivity contribution < 1.29 is 14.7 Å². The van der Waals surface area contributed by atoms with Crippen LogP contribution in [0, 0.1) is 17.8 Å². The molecule has 124 valence electrons. The summed E-state index contributed by atoms with van der Waals surface area (Å²) < 4.78 is 0. The molecule has 2 aliphatic carbocycles. The van der Waals surface area contributed by atoms with Gasteiger partial charge in [0.2, 0.25) is 5.91 Å². The summed E-state index contributed by atoms with van der Waals surface area (Å²) >= 11 is 0. The molecule has 0 aromatic rings. The lowest BCUT2D eigenvalue weighted by molar-refractivity contribution is -0.139. The first kappa shape index (κ1) is 15.8. The largest absolute Gasteiger partial charge is 0.480 e. The van der Waals surface area contributed by atoms with E-state index in [4.69, 9.17) is 5.11 Å². The Bertz CT molecular complexity index is 420.